The zero-order valence-electron chi connectivity index (χ0n) is 10.6. The van der Waals surface area contributed by atoms with E-state index in [-0.39, 0.29) is 24.2 Å². The quantitative estimate of drug-likeness (QED) is 0.430. The van der Waals surface area contributed by atoms with Gasteiger partial charge < -0.3 is 22.2 Å². The van der Waals surface area contributed by atoms with E-state index < -0.39 is 0 Å². The van der Waals surface area contributed by atoms with Gasteiger partial charge >= 0.3 is 0 Å². The molecule has 1 N–H and O–H groups in total. The molecule has 0 rings (SSSR count). The highest BCUT2D eigenvalue weighted by Gasteiger charge is 2.10. The summed E-state index contributed by atoms with van der Waals surface area (Å²) >= 11 is 0. The molecular weight excluding hydrogens is 212 g/mol. The van der Waals surface area contributed by atoms with Gasteiger partial charge in [0.05, 0.1) is 27.7 Å². The van der Waals surface area contributed by atoms with Gasteiger partial charge in [0.2, 0.25) is 5.91 Å². The second-order valence-corrected chi connectivity index (χ2v) is 4.97. The number of carbonyl (C=O) groups excluding carboxylic acids is 1. The molecule has 0 bridgehead atoms. The summed E-state index contributed by atoms with van der Waals surface area (Å²) in [5, 5.41) is 2.96. The molecule has 0 aliphatic rings. The van der Waals surface area contributed by atoms with Crippen molar-refractivity contribution in [3.05, 3.63) is 0 Å². The molecule has 0 saturated heterocycles. The summed E-state index contributed by atoms with van der Waals surface area (Å²) in [6, 6.07) is 0. The molecule has 0 spiro atoms. The molecule has 0 fully saturated rings. The third-order valence-electron chi connectivity index (χ3n) is 2.36. The normalized spacial score (nSPS) is 12.9. The molecule has 0 aromatic carbocycles. The van der Waals surface area contributed by atoms with Crippen LogP contribution in [-0.2, 0) is 4.79 Å². The Bertz CT molecular complexity index is 178. The number of rotatable bonds is 6. The van der Waals surface area contributed by atoms with Crippen LogP contribution in [-0.4, -0.2) is 44.6 Å². The molecule has 1 unspecified atom stereocenters. The molecular formula is C11H25ClN2O. The van der Waals surface area contributed by atoms with Gasteiger partial charge in [-0.2, -0.15) is 0 Å². The van der Waals surface area contributed by atoms with Crippen LogP contribution >= 0.6 is 0 Å². The lowest BCUT2D eigenvalue weighted by atomic mass is 10.1. The highest BCUT2D eigenvalue weighted by atomic mass is 35.5. The number of halogens is 1. The first-order valence-corrected chi connectivity index (χ1v) is 5.45. The summed E-state index contributed by atoms with van der Waals surface area (Å²) in [6.07, 6.45) is 1.97. The largest absolute Gasteiger partial charge is 1.00 e. The third-order valence-corrected chi connectivity index (χ3v) is 2.36. The summed E-state index contributed by atoms with van der Waals surface area (Å²) < 4.78 is 0.958. The fraction of sp³-hybridized carbons (Fsp3) is 0.909. The fourth-order valence-electron chi connectivity index (χ4n) is 1.12. The van der Waals surface area contributed by atoms with Crippen molar-refractivity contribution in [2.45, 2.75) is 26.7 Å². The molecule has 1 amide bonds. The standard InChI is InChI=1S/C11H24N2O.ClH/c1-6-10(2)11(14)12-8-7-9-13(3,4)5;/h10H,6-9H2,1-5H3;1H. The van der Waals surface area contributed by atoms with E-state index in [2.05, 4.69) is 26.5 Å². The van der Waals surface area contributed by atoms with Crippen LogP contribution < -0.4 is 17.7 Å². The highest BCUT2D eigenvalue weighted by Crippen LogP contribution is 1.99. The fourth-order valence-corrected chi connectivity index (χ4v) is 1.12. The summed E-state index contributed by atoms with van der Waals surface area (Å²) in [4.78, 5) is 11.4. The van der Waals surface area contributed by atoms with Crippen molar-refractivity contribution in [3.8, 4) is 0 Å². The molecule has 0 radical (unpaired) electrons. The van der Waals surface area contributed by atoms with Crippen LogP contribution in [0.25, 0.3) is 0 Å². The maximum Gasteiger partial charge on any atom is 0.222 e. The summed E-state index contributed by atoms with van der Waals surface area (Å²) in [7, 11) is 6.49. The first kappa shape index (κ1) is 17.1. The predicted molar refractivity (Wildman–Crippen MR) is 60.0 cm³/mol. The predicted octanol–water partition coefficient (Wildman–Crippen LogP) is -1.75. The van der Waals surface area contributed by atoms with E-state index in [0.29, 0.717) is 0 Å². The molecule has 0 saturated carbocycles. The molecule has 0 aliphatic heterocycles. The molecule has 1 atom stereocenters. The van der Waals surface area contributed by atoms with E-state index in [9.17, 15) is 4.79 Å². The number of hydrogen-bond donors (Lipinski definition) is 1. The van der Waals surface area contributed by atoms with Crippen molar-refractivity contribution in [1.29, 1.82) is 0 Å². The Morgan fingerprint density at radius 3 is 2.27 bits per heavy atom. The number of amides is 1. The van der Waals surface area contributed by atoms with E-state index in [1.807, 2.05) is 13.8 Å². The van der Waals surface area contributed by atoms with Crippen LogP contribution in [0.2, 0.25) is 0 Å². The highest BCUT2D eigenvalue weighted by molar-refractivity contribution is 5.78. The molecule has 0 heterocycles. The van der Waals surface area contributed by atoms with Gasteiger partial charge in [0.25, 0.3) is 0 Å². The van der Waals surface area contributed by atoms with Crippen molar-refractivity contribution < 1.29 is 21.7 Å². The maximum atomic E-state index is 11.4. The Hall–Kier alpha value is -0.280. The van der Waals surface area contributed by atoms with Gasteiger partial charge in [0.15, 0.2) is 0 Å². The summed E-state index contributed by atoms with van der Waals surface area (Å²) in [5.74, 6) is 0.341. The number of nitrogens with zero attached hydrogens (tertiary/aromatic N) is 1. The molecule has 3 nitrogen and oxygen atoms in total. The van der Waals surface area contributed by atoms with E-state index in [1.54, 1.807) is 0 Å². The Kier molecular flexibility index (Phi) is 9.07. The Balaban J connectivity index is 0. The van der Waals surface area contributed by atoms with E-state index in [0.717, 1.165) is 30.4 Å². The Morgan fingerprint density at radius 1 is 1.33 bits per heavy atom. The van der Waals surface area contributed by atoms with Crippen molar-refractivity contribution in [2.75, 3.05) is 34.2 Å². The van der Waals surface area contributed by atoms with Crippen LogP contribution in [0.5, 0.6) is 0 Å². The van der Waals surface area contributed by atoms with Gasteiger partial charge in [-0.1, -0.05) is 13.8 Å². The van der Waals surface area contributed by atoms with E-state index >= 15 is 0 Å². The molecule has 0 aromatic rings. The van der Waals surface area contributed by atoms with Crippen molar-refractivity contribution in [2.24, 2.45) is 5.92 Å². The maximum absolute atomic E-state index is 11.4. The minimum absolute atomic E-state index is 0. The Labute approximate surface area is 100 Å². The lowest BCUT2D eigenvalue weighted by Crippen LogP contribution is -3.00. The number of nitrogens with one attached hydrogen (secondary N) is 1. The second kappa shape index (κ2) is 7.94. The minimum atomic E-state index is 0. The van der Waals surface area contributed by atoms with Gasteiger partial charge in [0, 0.05) is 18.9 Å². The topological polar surface area (TPSA) is 29.1 Å². The zero-order chi connectivity index (χ0) is 11.2. The van der Waals surface area contributed by atoms with Crippen molar-refractivity contribution in [3.63, 3.8) is 0 Å². The third kappa shape index (κ3) is 10.0. The van der Waals surface area contributed by atoms with Crippen LogP contribution in [0.15, 0.2) is 0 Å². The van der Waals surface area contributed by atoms with Crippen LogP contribution in [0.4, 0.5) is 0 Å². The molecule has 15 heavy (non-hydrogen) atoms. The zero-order valence-corrected chi connectivity index (χ0v) is 11.4. The van der Waals surface area contributed by atoms with Crippen molar-refractivity contribution in [1.82, 2.24) is 5.32 Å². The molecule has 0 aromatic heterocycles. The Morgan fingerprint density at radius 2 is 1.87 bits per heavy atom. The van der Waals surface area contributed by atoms with Gasteiger partial charge in [0.1, 0.15) is 0 Å². The van der Waals surface area contributed by atoms with Crippen LogP contribution in [0, 0.1) is 5.92 Å². The number of quaternary nitrogens is 1. The van der Waals surface area contributed by atoms with E-state index in [1.165, 1.54) is 0 Å². The average Bonchev–Trinajstić information content (AvgIpc) is 2.09. The second-order valence-electron chi connectivity index (χ2n) is 4.97. The number of hydrogen-bond acceptors (Lipinski definition) is 1. The smallest absolute Gasteiger partial charge is 0.222 e. The van der Waals surface area contributed by atoms with Crippen molar-refractivity contribution >= 4 is 5.91 Å². The van der Waals surface area contributed by atoms with Crippen LogP contribution in [0.1, 0.15) is 26.7 Å². The number of carbonyl (C=O) groups is 1. The first-order valence-electron chi connectivity index (χ1n) is 5.45. The summed E-state index contributed by atoms with van der Waals surface area (Å²) in [5.41, 5.74) is 0. The van der Waals surface area contributed by atoms with Gasteiger partial charge in [-0.25, -0.2) is 0 Å². The van der Waals surface area contributed by atoms with Crippen LogP contribution in [0.3, 0.4) is 0 Å². The SMILES string of the molecule is CCC(C)C(=O)NCCC[N+](C)(C)C.[Cl-]. The average molecular weight is 237 g/mol. The monoisotopic (exact) mass is 236 g/mol. The summed E-state index contributed by atoms with van der Waals surface area (Å²) in [6.45, 7) is 5.91. The molecule has 0 aliphatic carbocycles. The molecule has 4 heteroatoms. The first-order chi connectivity index (χ1) is 6.37. The van der Waals surface area contributed by atoms with Gasteiger partial charge in [-0.05, 0) is 6.42 Å². The lowest BCUT2D eigenvalue weighted by molar-refractivity contribution is -0.870. The molecule has 92 valence electrons. The van der Waals surface area contributed by atoms with Gasteiger partial charge in [-0.3, -0.25) is 4.79 Å². The minimum Gasteiger partial charge on any atom is -1.00 e. The van der Waals surface area contributed by atoms with Gasteiger partial charge in [-0.15, -0.1) is 0 Å². The lowest BCUT2D eigenvalue weighted by Gasteiger charge is -2.23. The van der Waals surface area contributed by atoms with E-state index in [4.69, 9.17) is 0 Å².